The molecular formula is C27H26F2N4O3S2. The first-order valence-corrected chi connectivity index (χ1v) is 14.3. The fourth-order valence-electron chi connectivity index (χ4n) is 4.39. The number of anilines is 1. The molecule has 0 bridgehead atoms. The molecule has 0 spiro atoms. The highest BCUT2D eigenvalue weighted by molar-refractivity contribution is 7.89. The summed E-state index contributed by atoms with van der Waals surface area (Å²) in [5, 5.41) is 0.236. The summed E-state index contributed by atoms with van der Waals surface area (Å²) in [5.41, 5.74) is 2.39. The maximum Gasteiger partial charge on any atom is 0.260 e. The molecule has 4 aromatic rings. The molecule has 3 aromatic carbocycles. The zero-order valence-corrected chi connectivity index (χ0v) is 22.5. The number of rotatable bonds is 7. The molecule has 0 aliphatic carbocycles. The van der Waals surface area contributed by atoms with Crippen molar-refractivity contribution in [2.75, 3.05) is 38.6 Å². The van der Waals surface area contributed by atoms with Gasteiger partial charge >= 0.3 is 0 Å². The Balaban J connectivity index is 1.41. The number of hydrogen-bond acceptors (Lipinski definition) is 6. The van der Waals surface area contributed by atoms with E-state index < -0.39 is 27.6 Å². The highest BCUT2D eigenvalue weighted by Gasteiger charge is 2.29. The Morgan fingerprint density at radius 3 is 2.45 bits per heavy atom. The van der Waals surface area contributed by atoms with E-state index in [2.05, 4.69) is 4.98 Å². The summed E-state index contributed by atoms with van der Waals surface area (Å²) in [6, 6.07) is 15.6. The molecule has 0 fully saturated rings. The number of carbonyl (C=O) groups excluding carboxylic acids is 1. The van der Waals surface area contributed by atoms with Crippen LogP contribution in [0.5, 0.6) is 0 Å². The molecule has 0 atom stereocenters. The summed E-state index contributed by atoms with van der Waals surface area (Å²) in [4.78, 5) is 21.2. The first-order valence-electron chi connectivity index (χ1n) is 12.0. The van der Waals surface area contributed by atoms with Crippen molar-refractivity contribution < 1.29 is 22.0 Å². The molecule has 0 N–H and O–H groups in total. The lowest BCUT2D eigenvalue weighted by atomic mass is 10.0. The third-order valence-corrected chi connectivity index (χ3v) is 9.37. The van der Waals surface area contributed by atoms with E-state index in [4.69, 9.17) is 0 Å². The first-order chi connectivity index (χ1) is 18.1. The second-order valence-corrected chi connectivity index (χ2v) is 12.3. The van der Waals surface area contributed by atoms with Crippen LogP contribution < -0.4 is 4.90 Å². The van der Waals surface area contributed by atoms with Gasteiger partial charge in [-0.25, -0.2) is 22.2 Å². The lowest BCUT2D eigenvalue weighted by Crippen LogP contribution is -2.37. The zero-order valence-electron chi connectivity index (χ0n) is 20.9. The predicted octanol–water partition coefficient (Wildman–Crippen LogP) is 4.53. The Bertz CT molecular complexity index is 1600. The molecule has 0 radical (unpaired) electrons. The fourth-order valence-corrected chi connectivity index (χ4v) is 6.84. The van der Waals surface area contributed by atoms with Gasteiger partial charge in [-0.05, 0) is 62.0 Å². The van der Waals surface area contributed by atoms with Gasteiger partial charge in [0, 0.05) is 37.8 Å². The van der Waals surface area contributed by atoms with Gasteiger partial charge in [-0.1, -0.05) is 35.6 Å². The van der Waals surface area contributed by atoms with Crippen LogP contribution in [0.2, 0.25) is 0 Å². The van der Waals surface area contributed by atoms with Gasteiger partial charge < -0.3 is 4.90 Å². The van der Waals surface area contributed by atoms with Crippen LogP contribution in [-0.4, -0.2) is 62.2 Å². The van der Waals surface area contributed by atoms with E-state index in [0.717, 1.165) is 28.5 Å². The van der Waals surface area contributed by atoms with Crippen molar-refractivity contribution in [2.24, 2.45) is 0 Å². The van der Waals surface area contributed by atoms with Crippen LogP contribution in [-0.2, 0) is 23.0 Å². The van der Waals surface area contributed by atoms with Crippen molar-refractivity contribution in [3.05, 3.63) is 89.0 Å². The Labute approximate surface area is 224 Å². The second-order valence-electron chi connectivity index (χ2n) is 9.37. The monoisotopic (exact) mass is 556 g/mol. The SMILES string of the molecule is CN(C)CCN(C(=O)c1ccc(S(=O)(=O)N2CCc3ccccc3C2)cc1)c1nc2c(F)cc(F)cc2s1. The average Bonchev–Trinajstić information content (AvgIpc) is 3.32. The normalized spacial score (nSPS) is 14.1. The highest BCUT2D eigenvalue weighted by atomic mass is 32.2. The quantitative estimate of drug-likeness (QED) is 0.335. The average molecular weight is 557 g/mol. The molecule has 1 aromatic heterocycles. The minimum atomic E-state index is -3.75. The van der Waals surface area contributed by atoms with Crippen LogP contribution >= 0.6 is 11.3 Å². The van der Waals surface area contributed by atoms with E-state index in [1.807, 2.05) is 43.3 Å². The first kappa shape index (κ1) is 26.4. The number of aromatic nitrogens is 1. The molecule has 0 saturated heterocycles. The number of thiazole rings is 1. The third-order valence-electron chi connectivity index (χ3n) is 6.48. The number of nitrogens with zero attached hydrogens (tertiary/aromatic N) is 4. The molecule has 198 valence electrons. The standard InChI is InChI=1S/C27H26F2N4O3S2/c1-31(2)13-14-33(27-30-25-23(29)15-21(28)16-24(25)37-27)26(34)19-7-9-22(10-8-19)38(35,36)32-12-11-18-5-3-4-6-20(18)17-32/h3-10,15-16H,11-14,17H2,1-2H3. The number of fused-ring (bicyclic) bond motifs is 2. The molecule has 0 unspecified atom stereocenters. The van der Waals surface area contributed by atoms with Crippen LogP contribution in [0.4, 0.5) is 13.9 Å². The third kappa shape index (κ3) is 5.19. The fraction of sp³-hybridized carbons (Fsp3) is 0.259. The summed E-state index contributed by atoms with van der Waals surface area (Å²) in [7, 11) is -0.0413. The molecule has 38 heavy (non-hydrogen) atoms. The lowest BCUT2D eigenvalue weighted by Gasteiger charge is -2.28. The summed E-state index contributed by atoms with van der Waals surface area (Å²) < 4.78 is 56.4. The molecule has 1 amide bonds. The van der Waals surface area contributed by atoms with Crippen molar-refractivity contribution in [2.45, 2.75) is 17.9 Å². The van der Waals surface area contributed by atoms with E-state index in [9.17, 15) is 22.0 Å². The molecule has 1 aliphatic heterocycles. The van der Waals surface area contributed by atoms with Gasteiger partial charge in [0.1, 0.15) is 11.3 Å². The van der Waals surface area contributed by atoms with Crippen LogP contribution in [0.25, 0.3) is 10.2 Å². The van der Waals surface area contributed by atoms with E-state index in [-0.39, 0.29) is 27.7 Å². The van der Waals surface area contributed by atoms with Crippen molar-refractivity contribution in [1.82, 2.24) is 14.2 Å². The number of benzene rings is 3. The number of hydrogen-bond donors (Lipinski definition) is 0. The number of likely N-dealkylation sites (N-methyl/N-ethyl adjacent to an activating group) is 1. The highest BCUT2D eigenvalue weighted by Crippen LogP contribution is 2.32. The maximum absolute atomic E-state index is 14.3. The van der Waals surface area contributed by atoms with Gasteiger partial charge in [0.2, 0.25) is 10.0 Å². The van der Waals surface area contributed by atoms with Gasteiger partial charge in [-0.15, -0.1) is 0 Å². The van der Waals surface area contributed by atoms with Crippen LogP contribution in [0.15, 0.2) is 65.6 Å². The Morgan fingerprint density at radius 1 is 1.03 bits per heavy atom. The number of sulfonamides is 1. The largest absolute Gasteiger partial charge is 0.308 e. The molecule has 7 nitrogen and oxygen atoms in total. The van der Waals surface area contributed by atoms with Crippen molar-refractivity contribution >= 4 is 42.6 Å². The van der Waals surface area contributed by atoms with E-state index in [1.165, 1.54) is 39.5 Å². The number of amides is 1. The molecule has 2 heterocycles. The van der Waals surface area contributed by atoms with Crippen molar-refractivity contribution in [1.29, 1.82) is 0 Å². The second kappa shape index (κ2) is 10.5. The van der Waals surface area contributed by atoms with Gasteiger partial charge in [-0.2, -0.15) is 4.31 Å². The van der Waals surface area contributed by atoms with Crippen molar-refractivity contribution in [3.63, 3.8) is 0 Å². The molecular weight excluding hydrogens is 530 g/mol. The molecule has 1 aliphatic rings. The summed E-state index contributed by atoms with van der Waals surface area (Å²) in [5.74, 6) is -1.93. The van der Waals surface area contributed by atoms with Crippen LogP contribution in [0, 0.1) is 11.6 Å². The van der Waals surface area contributed by atoms with Gasteiger partial charge in [0.05, 0.1) is 9.60 Å². The summed E-state index contributed by atoms with van der Waals surface area (Å²) in [6.45, 7) is 1.43. The van der Waals surface area contributed by atoms with Gasteiger partial charge in [0.15, 0.2) is 10.9 Å². The molecule has 11 heteroatoms. The predicted molar refractivity (Wildman–Crippen MR) is 144 cm³/mol. The minimum absolute atomic E-state index is 0.00130. The van der Waals surface area contributed by atoms with Crippen LogP contribution in [0.3, 0.4) is 0 Å². The Kier molecular flexibility index (Phi) is 7.28. The summed E-state index contributed by atoms with van der Waals surface area (Å²) in [6.07, 6.45) is 0.638. The topological polar surface area (TPSA) is 73.8 Å². The van der Waals surface area contributed by atoms with E-state index >= 15 is 0 Å². The van der Waals surface area contributed by atoms with Gasteiger partial charge in [0.25, 0.3) is 5.91 Å². The Morgan fingerprint density at radius 2 is 1.74 bits per heavy atom. The summed E-state index contributed by atoms with van der Waals surface area (Å²) >= 11 is 1.02. The Hall–Kier alpha value is -3.25. The van der Waals surface area contributed by atoms with E-state index in [1.54, 1.807) is 0 Å². The maximum atomic E-state index is 14.3. The number of carbonyl (C=O) groups is 1. The number of halogens is 2. The zero-order chi connectivity index (χ0) is 27.0. The van der Waals surface area contributed by atoms with Gasteiger partial charge in [-0.3, -0.25) is 9.69 Å². The van der Waals surface area contributed by atoms with Crippen LogP contribution in [0.1, 0.15) is 21.5 Å². The molecule has 5 rings (SSSR count). The van der Waals surface area contributed by atoms with E-state index in [0.29, 0.717) is 30.8 Å². The smallest absolute Gasteiger partial charge is 0.260 e. The lowest BCUT2D eigenvalue weighted by molar-refractivity contribution is 0.0985. The van der Waals surface area contributed by atoms with Crippen molar-refractivity contribution in [3.8, 4) is 0 Å². The minimum Gasteiger partial charge on any atom is -0.308 e. The molecule has 0 saturated carbocycles.